The van der Waals surface area contributed by atoms with Gasteiger partial charge in [0.05, 0.1) is 17.1 Å². The lowest BCUT2D eigenvalue weighted by Gasteiger charge is -2.34. The number of anilines is 1. The maximum atomic E-state index is 13.0. The number of aromatic nitrogens is 4. The van der Waals surface area contributed by atoms with E-state index in [0.717, 1.165) is 68.9 Å². The Bertz CT molecular complexity index is 1090. The van der Waals surface area contributed by atoms with Gasteiger partial charge in [0, 0.05) is 31.2 Å². The summed E-state index contributed by atoms with van der Waals surface area (Å²) in [6.07, 6.45) is 0.187. The summed E-state index contributed by atoms with van der Waals surface area (Å²) in [4.78, 5) is 2.27. The Morgan fingerprint density at radius 3 is 2.73 bits per heavy atom. The van der Waals surface area contributed by atoms with Crippen molar-refractivity contribution in [2.45, 2.75) is 38.0 Å². The summed E-state index contributed by atoms with van der Waals surface area (Å²) in [6, 6.07) is 3.21. The quantitative estimate of drug-likeness (QED) is 0.666. The fraction of sp³-hybridized carbons (Fsp3) is 0.450. The van der Waals surface area contributed by atoms with Crippen LogP contribution in [0.4, 0.5) is 19.0 Å². The summed E-state index contributed by atoms with van der Waals surface area (Å²) in [5.74, 6) is 0.257. The number of aryl methyl sites for hydroxylation is 1. The van der Waals surface area contributed by atoms with Gasteiger partial charge >= 0.3 is 6.18 Å². The standard InChI is InChI=1S/C20H21F3N6O/c21-20(22,23)12-4-5-14(16(30)9-12)17-15-11-25-29-8-2-7-28(13-3-1-6-24-10-13)19(18(15)29)27-26-17/h4-5,9,11,13,24,30H,1-3,6-8,10H2/t13-/m1/s1. The monoisotopic (exact) mass is 418 g/mol. The van der Waals surface area contributed by atoms with Gasteiger partial charge in [-0.2, -0.15) is 18.3 Å². The fourth-order valence-electron chi connectivity index (χ4n) is 4.41. The van der Waals surface area contributed by atoms with Crippen LogP contribution in [-0.2, 0) is 12.7 Å². The first-order chi connectivity index (χ1) is 14.4. The zero-order valence-corrected chi connectivity index (χ0v) is 16.2. The molecule has 7 nitrogen and oxygen atoms in total. The van der Waals surface area contributed by atoms with Crippen LogP contribution in [0, 0.1) is 0 Å². The smallest absolute Gasteiger partial charge is 0.416 e. The summed E-state index contributed by atoms with van der Waals surface area (Å²) in [5, 5.41) is 27.7. The molecule has 5 rings (SSSR count). The van der Waals surface area contributed by atoms with Gasteiger partial charge in [-0.1, -0.05) is 0 Å². The van der Waals surface area contributed by atoms with E-state index >= 15 is 0 Å². The number of piperidine rings is 1. The molecule has 4 heterocycles. The number of hydrogen-bond acceptors (Lipinski definition) is 6. The highest BCUT2D eigenvalue weighted by molar-refractivity contribution is 5.99. The normalized spacial score (nSPS) is 19.8. The Morgan fingerprint density at radius 2 is 2.00 bits per heavy atom. The first-order valence-electron chi connectivity index (χ1n) is 10.0. The maximum Gasteiger partial charge on any atom is 0.416 e. The highest BCUT2D eigenvalue weighted by Gasteiger charge is 2.32. The van der Waals surface area contributed by atoms with Crippen LogP contribution in [0.3, 0.4) is 0 Å². The van der Waals surface area contributed by atoms with Crippen LogP contribution in [0.25, 0.3) is 22.2 Å². The molecule has 0 spiro atoms. The van der Waals surface area contributed by atoms with Gasteiger partial charge in [0.25, 0.3) is 0 Å². The molecule has 2 N–H and O–H groups in total. The third-order valence-corrected chi connectivity index (χ3v) is 5.88. The molecule has 1 atom stereocenters. The number of halogens is 3. The van der Waals surface area contributed by atoms with Crippen molar-refractivity contribution in [3.05, 3.63) is 30.0 Å². The second-order valence-electron chi connectivity index (χ2n) is 7.78. The Balaban J connectivity index is 1.62. The summed E-state index contributed by atoms with van der Waals surface area (Å²) in [7, 11) is 0. The van der Waals surface area contributed by atoms with Crippen LogP contribution in [0.15, 0.2) is 24.4 Å². The molecule has 1 fully saturated rings. The number of phenols is 1. The van der Waals surface area contributed by atoms with Gasteiger partial charge in [0.1, 0.15) is 17.0 Å². The zero-order valence-electron chi connectivity index (χ0n) is 16.2. The van der Waals surface area contributed by atoms with Gasteiger partial charge < -0.3 is 15.3 Å². The molecule has 2 aromatic heterocycles. The van der Waals surface area contributed by atoms with Crippen molar-refractivity contribution >= 4 is 16.7 Å². The van der Waals surface area contributed by atoms with Gasteiger partial charge in [0.2, 0.25) is 0 Å². The first-order valence-corrected chi connectivity index (χ1v) is 10.0. The second-order valence-corrected chi connectivity index (χ2v) is 7.78. The molecule has 0 radical (unpaired) electrons. The SMILES string of the molecule is Oc1cc(C(F)(F)F)ccc1-c1nnc2c3c1cnn3CCCN2[C@@H]1CCCNC1. The molecule has 1 aromatic carbocycles. The molecule has 158 valence electrons. The summed E-state index contributed by atoms with van der Waals surface area (Å²) in [6.45, 7) is 3.44. The average molecular weight is 418 g/mol. The Kier molecular flexibility index (Phi) is 4.53. The lowest BCUT2D eigenvalue weighted by Crippen LogP contribution is -2.46. The van der Waals surface area contributed by atoms with E-state index in [2.05, 4.69) is 25.5 Å². The average Bonchev–Trinajstić information content (AvgIpc) is 3.06. The molecule has 2 aliphatic heterocycles. The molecule has 0 amide bonds. The van der Waals surface area contributed by atoms with Gasteiger partial charge in [-0.3, -0.25) is 4.68 Å². The van der Waals surface area contributed by atoms with Crippen molar-refractivity contribution < 1.29 is 18.3 Å². The van der Waals surface area contributed by atoms with Crippen molar-refractivity contribution in [1.82, 2.24) is 25.3 Å². The third-order valence-electron chi connectivity index (χ3n) is 5.88. The van der Waals surface area contributed by atoms with Gasteiger partial charge in [0.15, 0.2) is 5.82 Å². The maximum absolute atomic E-state index is 13.0. The fourth-order valence-corrected chi connectivity index (χ4v) is 4.41. The first kappa shape index (κ1) is 19.1. The van der Waals surface area contributed by atoms with E-state index in [9.17, 15) is 18.3 Å². The Hall–Kier alpha value is -2.88. The van der Waals surface area contributed by atoms with Crippen LogP contribution in [0.2, 0.25) is 0 Å². The zero-order chi connectivity index (χ0) is 20.9. The predicted molar refractivity (Wildman–Crippen MR) is 105 cm³/mol. The molecular weight excluding hydrogens is 397 g/mol. The Morgan fingerprint density at radius 1 is 1.13 bits per heavy atom. The van der Waals surface area contributed by atoms with E-state index < -0.39 is 17.5 Å². The van der Waals surface area contributed by atoms with Crippen molar-refractivity contribution in [2.75, 3.05) is 24.5 Å². The lowest BCUT2D eigenvalue weighted by atomic mass is 10.0. The number of benzene rings is 1. The van der Waals surface area contributed by atoms with Crippen LogP contribution in [0.5, 0.6) is 5.75 Å². The van der Waals surface area contributed by atoms with E-state index in [4.69, 9.17) is 0 Å². The van der Waals surface area contributed by atoms with E-state index in [-0.39, 0.29) is 5.56 Å². The van der Waals surface area contributed by atoms with E-state index in [1.807, 2.05) is 4.68 Å². The third kappa shape index (κ3) is 3.15. The predicted octanol–water partition coefficient (Wildman–Crippen LogP) is 3.18. The molecule has 0 unspecified atom stereocenters. The van der Waals surface area contributed by atoms with E-state index in [1.54, 1.807) is 6.20 Å². The largest absolute Gasteiger partial charge is 0.507 e. The minimum Gasteiger partial charge on any atom is -0.507 e. The molecule has 2 aliphatic rings. The highest BCUT2D eigenvalue weighted by atomic mass is 19.4. The molecule has 0 bridgehead atoms. The van der Waals surface area contributed by atoms with Crippen molar-refractivity contribution in [2.24, 2.45) is 0 Å². The number of hydrogen-bond donors (Lipinski definition) is 2. The molecule has 10 heteroatoms. The van der Waals surface area contributed by atoms with Crippen molar-refractivity contribution in [3.63, 3.8) is 0 Å². The van der Waals surface area contributed by atoms with Crippen LogP contribution < -0.4 is 10.2 Å². The minimum atomic E-state index is -4.53. The highest BCUT2D eigenvalue weighted by Crippen LogP contribution is 2.40. The van der Waals surface area contributed by atoms with Gasteiger partial charge in [-0.05, 0) is 44.0 Å². The number of alkyl halides is 3. The van der Waals surface area contributed by atoms with Crippen molar-refractivity contribution in [3.8, 4) is 17.0 Å². The number of phenolic OH excluding ortho intramolecular Hbond substituents is 1. The second kappa shape index (κ2) is 7.12. The topological polar surface area (TPSA) is 79.1 Å². The summed E-state index contributed by atoms with van der Waals surface area (Å²) in [5.41, 5.74) is 0.433. The van der Waals surface area contributed by atoms with Crippen LogP contribution in [-0.4, -0.2) is 50.8 Å². The number of aromatic hydroxyl groups is 1. The van der Waals surface area contributed by atoms with Crippen LogP contribution in [0.1, 0.15) is 24.8 Å². The van der Waals surface area contributed by atoms with E-state index in [1.165, 1.54) is 6.07 Å². The molecule has 1 saturated heterocycles. The van der Waals surface area contributed by atoms with Crippen molar-refractivity contribution in [1.29, 1.82) is 0 Å². The Labute approximate surface area is 170 Å². The molecular formula is C20H21F3N6O. The van der Waals surface area contributed by atoms with Gasteiger partial charge in [-0.25, -0.2) is 0 Å². The number of nitrogens with one attached hydrogen (secondary N) is 1. The van der Waals surface area contributed by atoms with Gasteiger partial charge in [-0.15, -0.1) is 10.2 Å². The number of nitrogens with zero attached hydrogens (tertiary/aromatic N) is 5. The minimum absolute atomic E-state index is 0.205. The summed E-state index contributed by atoms with van der Waals surface area (Å²) < 4.78 is 40.8. The molecule has 3 aromatic rings. The molecule has 0 aliphatic carbocycles. The lowest BCUT2D eigenvalue weighted by molar-refractivity contribution is -0.137. The summed E-state index contributed by atoms with van der Waals surface area (Å²) >= 11 is 0. The number of rotatable bonds is 2. The van der Waals surface area contributed by atoms with Crippen LogP contribution >= 0.6 is 0 Å². The molecule has 30 heavy (non-hydrogen) atoms. The van der Waals surface area contributed by atoms with E-state index in [0.29, 0.717) is 17.1 Å². The molecule has 0 saturated carbocycles.